The highest BCUT2D eigenvalue weighted by atomic mass is 19.3. The summed E-state index contributed by atoms with van der Waals surface area (Å²) in [7, 11) is 0. The molecule has 1 rings (SSSR count). The predicted molar refractivity (Wildman–Crippen MR) is 108 cm³/mol. The summed E-state index contributed by atoms with van der Waals surface area (Å²) in [5.74, 6) is 1.12. The van der Waals surface area contributed by atoms with Crippen molar-refractivity contribution in [2.75, 3.05) is 13.1 Å². The van der Waals surface area contributed by atoms with E-state index in [9.17, 15) is 8.78 Å². The highest BCUT2D eigenvalue weighted by Crippen LogP contribution is 2.37. The summed E-state index contributed by atoms with van der Waals surface area (Å²) < 4.78 is 27.3. The Morgan fingerprint density at radius 3 is 2.50 bits per heavy atom. The fraction of sp³-hybridized carbons (Fsp3) is 0.826. The molecule has 0 radical (unpaired) electrons. The molecule has 26 heavy (non-hydrogen) atoms. The lowest BCUT2D eigenvalue weighted by Crippen LogP contribution is -2.45. The van der Waals surface area contributed by atoms with Crippen LogP contribution in [0.4, 0.5) is 8.78 Å². The van der Waals surface area contributed by atoms with Gasteiger partial charge in [0.15, 0.2) is 0 Å². The largest absolute Gasteiger partial charge is 0.292 e. The van der Waals surface area contributed by atoms with Crippen molar-refractivity contribution in [3.8, 4) is 12.3 Å². The zero-order valence-corrected chi connectivity index (χ0v) is 17.6. The van der Waals surface area contributed by atoms with E-state index in [1.165, 1.54) is 24.8 Å². The van der Waals surface area contributed by atoms with Crippen LogP contribution in [0.15, 0.2) is 11.6 Å². The van der Waals surface area contributed by atoms with E-state index in [0.29, 0.717) is 12.5 Å². The minimum Gasteiger partial charge on any atom is -0.292 e. The van der Waals surface area contributed by atoms with Gasteiger partial charge in [-0.2, -0.15) is 0 Å². The van der Waals surface area contributed by atoms with Gasteiger partial charge in [0.05, 0.1) is 6.54 Å². The van der Waals surface area contributed by atoms with Crippen molar-refractivity contribution >= 4 is 0 Å². The Bertz CT molecular complexity index is 487. The van der Waals surface area contributed by atoms with E-state index in [1.54, 1.807) is 0 Å². The molecule has 1 aliphatic heterocycles. The number of nitrogens with zero attached hydrogens (tertiary/aromatic N) is 1. The van der Waals surface area contributed by atoms with Gasteiger partial charge in [-0.3, -0.25) is 4.90 Å². The van der Waals surface area contributed by atoms with Gasteiger partial charge in [-0.1, -0.05) is 37.8 Å². The molecule has 150 valence electrons. The first-order chi connectivity index (χ1) is 12.1. The molecule has 3 heteroatoms. The molecule has 1 heterocycles. The average molecular weight is 368 g/mol. The molecule has 0 aromatic carbocycles. The SMILES string of the molecule is C#CC(CC(C)(C)N1CCC(F)(F)C1)C(CCCCC)CC/C(C)=C\C. The van der Waals surface area contributed by atoms with E-state index < -0.39 is 5.92 Å². The second-order valence-electron chi connectivity index (χ2n) is 8.75. The van der Waals surface area contributed by atoms with E-state index in [2.05, 4.69) is 46.6 Å². The summed E-state index contributed by atoms with van der Waals surface area (Å²) in [4.78, 5) is 1.94. The van der Waals surface area contributed by atoms with Crippen LogP contribution >= 0.6 is 0 Å². The molecule has 1 nitrogen and oxygen atoms in total. The normalized spacial score (nSPS) is 20.8. The number of rotatable bonds is 11. The molecular formula is C23H39F2N. The molecule has 1 aliphatic rings. The van der Waals surface area contributed by atoms with Crippen molar-refractivity contribution in [1.29, 1.82) is 0 Å². The van der Waals surface area contributed by atoms with E-state index in [1.807, 2.05) is 4.90 Å². The fourth-order valence-electron chi connectivity index (χ4n) is 4.04. The minimum absolute atomic E-state index is 0.0302. The lowest BCUT2D eigenvalue weighted by atomic mass is 9.77. The number of unbranched alkanes of at least 4 members (excludes halogenated alkanes) is 2. The molecule has 2 atom stereocenters. The van der Waals surface area contributed by atoms with E-state index in [0.717, 1.165) is 25.7 Å². The van der Waals surface area contributed by atoms with Crippen LogP contribution in [-0.4, -0.2) is 29.5 Å². The predicted octanol–water partition coefficient (Wildman–Crippen LogP) is 6.69. The van der Waals surface area contributed by atoms with Gasteiger partial charge >= 0.3 is 0 Å². The number of hydrogen-bond acceptors (Lipinski definition) is 1. The van der Waals surface area contributed by atoms with Crippen LogP contribution in [0.1, 0.15) is 86.0 Å². The zero-order valence-electron chi connectivity index (χ0n) is 17.6. The maximum atomic E-state index is 13.7. The smallest absolute Gasteiger partial charge is 0.261 e. The molecule has 0 aliphatic carbocycles. The molecular weight excluding hydrogens is 328 g/mol. The second kappa shape index (κ2) is 10.5. The van der Waals surface area contributed by atoms with E-state index >= 15 is 0 Å². The molecule has 2 unspecified atom stereocenters. The van der Waals surface area contributed by atoms with Crippen molar-refractivity contribution in [3.63, 3.8) is 0 Å². The first kappa shape index (κ1) is 23.2. The van der Waals surface area contributed by atoms with Crippen LogP contribution in [0.3, 0.4) is 0 Å². The zero-order chi connectivity index (χ0) is 19.8. The first-order valence-corrected chi connectivity index (χ1v) is 10.4. The Morgan fingerprint density at radius 1 is 1.31 bits per heavy atom. The summed E-state index contributed by atoms with van der Waals surface area (Å²) in [5.41, 5.74) is 1.12. The van der Waals surface area contributed by atoms with Gasteiger partial charge in [-0.05, 0) is 59.3 Å². The monoisotopic (exact) mass is 367 g/mol. The summed E-state index contributed by atoms with van der Waals surface area (Å²) in [6.07, 6.45) is 15.8. The maximum absolute atomic E-state index is 13.7. The van der Waals surface area contributed by atoms with Gasteiger partial charge in [0.2, 0.25) is 0 Å². The van der Waals surface area contributed by atoms with Crippen molar-refractivity contribution < 1.29 is 8.78 Å². The van der Waals surface area contributed by atoms with Crippen molar-refractivity contribution in [2.45, 2.75) is 97.4 Å². The van der Waals surface area contributed by atoms with Crippen molar-refractivity contribution in [3.05, 3.63) is 11.6 Å². The Kier molecular flexibility index (Phi) is 9.31. The van der Waals surface area contributed by atoms with E-state index in [-0.39, 0.29) is 24.4 Å². The fourth-order valence-corrected chi connectivity index (χ4v) is 4.04. The molecule has 0 amide bonds. The van der Waals surface area contributed by atoms with Gasteiger partial charge in [-0.15, -0.1) is 12.3 Å². The molecule has 0 bridgehead atoms. The molecule has 0 aromatic heterocycles. The number of allylic oxidation sites excluding steroid dienone is 2. The average Bonchev–Trinajstić information content (AvgIpc) is 2.96. The Hall–Kier alpha value is -0.880. The maximum Gasteiger partial charge on any atom is 0.261 e. The summed E-state index contributed by atoms with van der Waals surface area (Å²) in [6.45, 7) is 11.0. The highest BCUT2D eigenvalue weighted by molar-refractivity contribution is 5.04. The van der Waals surface area contributed by atoms with E-state index in [4.69, 9.17) is 6.42 Å². The molecule has 0 aromatic rings. The molecule has 0 saturated carbocycles. The summed E-state index contributed by atoms with van der Waals surface area (Å²) >= 11 is 0. The second-order valence-corrected chi connectivity index (χ2v) is 8.75. The lowest BCUT2D eigenvalue weighted by Gasteiger charge is -2.39. The Morgan fingerprint density at radius 2 is 2.00 bits per heavy atom. The van der Waals surface area contributed by atoms with Crippen LogP contribution < -0.4 is 0 Å². The number of terminal acetylenes is 1. The lowest BCUT2D eigenvalue weighted by molar-refractivity contribution is -0.00365. The summed E-state index contributed by atoms with van der Waals surface area (Å²) in [5, 5.41) is 0. The standard InChI is InChI=1S/C23H39F2N/c1-7-10-11-12-21(14-13-19(4)8-2)20(9-3)17-22(5,6)26-16-15-23(24,25)18-26/h3,8,20-21H,7,10-18H2,1-2,4-6H3/b19-8-. The summed E-state index contributed by atoms with van der Waals surface area (Å²) in [6, 6.07) is 0. The molecule has 1 fully saturated rings. The third-order valence-corrected chi connectivity index (χ3v) is 6.11. The van der Waals surface area contributed by atoms with Gasteiger partial charge in [0.1, 0.15) is 0 Å². The van der Waals surface area contributed by atoms with Crippen LogP contribution in [0.25, 0.3) is 0 Å². The van der Waals surface area contributed by atoms with Gasteiger partial charge in [0.25, 0.3) is 5.92 Å². The van der Waals surface area contributed by atoms with Crippen LogP contribution in [0.5, 0.6) is 0 Å². The van der Waals surface area contributed by atoms with Gasteiger partial charge < -0.3 is 0 Å². The Labute approximate surface area is 160 Å². The van der Waals surface area contributed by atoms with Gasteiger partial charge in [-0.25, -0.2) is 8.78 Å². The molecule has 0 N–H and O–H groups in total. The van der Waals surface area contributed by atoms with Crippen molar-refractivity contribution in [2.24, 2.45) is 11.8 Å². The topological polar surface area (TPSA) is 3.24 Å². The third-order valence-electron chi connectivity index (χ3n) is 6.11. The highest BCUT2D eigenvalue weighted by Gasteiger charge is 2.44. The first-order valence-electron chi connectivity index (χ1n) is 10.4. The van der Waals surface area contributed by atoms with Gasteiger partial charge in [0, 0.05) is 24.4 Å². The van der Waals surface area contributed by atoms with Crippen LogP contribution in [-0.2, 0) is 0 Å². The molecule has 1 saturated heterocycles. The van der Waals surface area contributed by atoms with Crippen LogP contribution in [0.2, 0.25) is 0 Å². The third kappa shape index (κ3) is 7.39. The van der Waals surface area contributed by atoms with Crippen molar-refractivity contribution in [1.82, 2.24) is 4.90 Å². The number of hydrogen-bond donors (Lipinski definition) is 0. The number of halogens is 2. The minimum atomic E-state index is -2.55. The molecule has 0 spiro atoms. The Balaban J connectivity index is 2.78. The quantitative estimate of drug-likeness (QED) is 0.223. The number of alkyl halides is 2. The number of likely N-dealkylation sites (tertiary alicyclic amines) is 1. The van der Waals surface area contributed by atoms with Crippen LogP contribution in [0, 0.1) is 24.2 Å².